The van der Waals surface area contributed by atoms with Gasteiger partial charge in [-0.2, -0.15) is 0 Å². The first-order valence-electron chi connectivity index (χ1n) is 14.7. The van der Waals surface area contributed by atoms with Gasteiger partial charge >= 0.3 is 0 Å². The fourth-order valence-electron chi connectivity index (χ4n) is 7.18. The Balaban J connectivity index is 1.49. The molecule has 0 aliphatic carbocycles. The lowest BCUT2D eigenvalue weighted by molar-refractivity contribution is -0.141. The van der Waals surface area contributed by atoms with Gasteiger partial charge in [-0.3, -0.25) is 14.4 Å². The summed E-state index contributed by atoms with van der Waals surface area (Å²) >= 11 is 1.62. The van der Waals surface area contributed by atoms with E-state index < -0.39 is 28.7 Å². The van der Waals surface area contributed by atoms with Gasteiger partial charge in [-0.25, -0.2) is 0 Å². The maximum absolute atomic E-state index is 14.4. The number of carbonyl (C=O) groups is 3. The topological polar surface area (TPSA) is 117 Å². The molecule has 3 heterocycles. The Morgan fingerprint density at radius 1 is 1.05 bits per heavy atom. The number of ether oxygens (including phenoxy) is 2. The van der Waals surface area contributed by atoms with Crippen molar-refractivity contribution in [3.05, 3.63) is 48.5 Å². The highest BCUT2D eigenvalue weighted by atomic mass is 32.2. The zero-order valence-electron chi connectivity index (χ0n) is 24.8. The summed E-state index contributed by atoms with van der Waals surface area (Å²) in [5, 5.41) is 16.5. The van der Waals surface area contributed by atoms with E-state index in [2.05, 4.69) is 17.6 Å². The highest BCUT2D eigenvalue weighted by Crippen LogP contribution is 2.69. The van der Waals surface area contributed by atoms with Crippen molar-refractivity contribution in [1.82, 2.24) is 4.90 Å². The van der Waals surface area contributed by atoms with E-state index in [4.69, 9.17) is 9.47 Å². The van der Waals surface area contributed by atoms with Gasteiger partial charge in [0.25, 0.3) is 0 Å². The summed E-state index contributed by atoms with van der Waals surface area (Å²) in [7, 11) is 1.58. The van der Waals surface area contributed by atoms with Crippen LogP contribution in [0.15, 0.2) is 48.5 Å². The van der Waals surface area contributed by atoms with E-state index in [1.807, 2.05) is 20.8 Å². The van der Waals surface area contributed by atoms with Crippen molar-refractivity contribution in [3.63, 3.8) is 0 Å². The van der Waals surface area contributed by atoms with Crippen LogP contribution in [-0.4, -0.2) is 70.1 Å². The molecule has 0 saturated carbocycles. The number of aliphatic hydroxyl groups is 1. The molecule has 3 unspecified atom stereocenters. The number of anilines is 2. The minimum atomic E-state index is -0.832. The van der Waals surface area contributed by atoms with Crippen LogP contribution in [0.4, 0.5) is 11.4 Å². The third-order valence-corrected chi connectivity index (χ3v) is 10.9. The van der Waals surface area contributed by atoms with Crippen molar-refractivity contribution in [1.29, 1.82) is 0 Å². The van der Waals surface area contributed by atoms with Gasteiger partial charge in [0.2, 0.25) is 17.7 Å². The highest BCUT2D eigenvalue weighted by Gasteiger charge is 2.76. The Bertz CT molecular complexity index is 1300. The van der Waals surface area contributed by atoms with E-state index >= 15 is 0 Å². The van der Waals surface area contributed by atoms with Gasteiger partial charge < -0.3 is 30.1 Å². The molecule has 3 N–H and O–H groups in total. The number of nitrogens with one attached hydrogen (secondary N) is 2. The Labute approximate surface area is 251 Å². The van der Waals surface area contributed by atoms with Crippen LogP contribution in [-0.2, 0) is 14.4 Å². The van der Waals surface area contributed by atoms with Crippen molar-refractivity contribution in [2.45, 2.75) is 62.6 Å². The standard InChI is InChI=1S/C32H41N3O6S/c1-6-41-24-13-9-20(10-14-24)33-29(37)26-25-16-19(4)32(42-25)27(26)31(39)35(22(17-36)15-18(2)3)28(32)30(38)34-21-7-11-23(40-5)12-8-21/h7-14,18-19,22,25-28,36H,6,15-17H2,1-5H3,(H,33,37)(H,34,38)/t19?,22-,25-,26+,27+,28?,32?/m1/s1. The first kappa shape index (κ1) is 30.2. The maximum atomic E-state index is 14.4. The molecule has 9 nitrogen and oxygen atoms in total. The number of benzene rings is 2. The summed E-state index contributed by atoms with van der Waals surface area (Å²) in [5.41, 5.74) is 1.22. The first-order chi connectivity index (χ1) is 20.1. The van der Waals surface area contributed by atoms with Crippen molar-refractivity contribution in [2.75, 3.05) is 31.0 Å². The number of amides is 3. The quantitative estimate of drug-likeness (QED) is 0.352. The lowest BCUT2D eigenvalue weighted by atomic mass is 9.66. The largest absolute Gasteiger partial charge is 0.497 e. The average molecular weight is 596 g/mol. The van der Waals surface area contributed by atoms with Gasteiger partial charge in [-0.05, 0) is 80.1 Å². The Morgan fingerprint density at radius 3 is 2.19 bits per heavy atom. The molecule has 3 aliphatic heterocycles. The highest BCUT2D eigenvalue weighted by molar-refractivity contribution is 8.02. The molecule has 3 amide bonds. The molecular formula is C32H41N3O6S. The number of fused-ring (bicyclic) bond motifs is 1. The van der Waals surface area contributed by atoms with Crippen LogP contribution in [0.25, 0.3) is 0 Å². The zero-order chi connectivity index (χ0) is 30.2. The number of aliphatic hydroxyl groups excluding tert-OH is 1. The first-order valence-corrected chi connectivity index (χ1v) is 15.6. The molecule has 226 valence electrons. The molecule has 3 aliphatic rings. The summed E-state index contributed by atoms with van der Waals surface area (Å²) < 4.78 is 9.98. The normalized spacial score (nSPS) is 28.5. The number of carbonyl (C=O) groups excluding carboxylic acids is 3. The molecule has 42 heavy (non-hydrogen) atoms. The molecule has 2 aromatic rings. The number of likely N-dealkylation sites (tertiary alicyclic amines) is 1. The number of nitrogens with zero attached hydrogens (tertiary/aromatic N) is 1. The van der Waals surface area contributed by atoms with Gasteiger partial charge in [0, 0.05) is 16.6 Å². The number of rotatable bonds is 11. The SMILES string of the molecule is CCOc1ccc(NC(=O)[C@@H]2[C@H]3C(=O)N([C@@H](CO)CC(C)C)C(C(=O)Nc4ccc(OC)cc4)C34S[C@@H]2CC4C)cc1. The smallest absolute Gasteiger partial charge is 0.248 e. The monoisotopic (exact) mass is 595 g/mol. The van der Waals surface area contributed by atoms with E-state index in [9.17, 15) is 19.5 Å². The van der Waals surface area contributed by atoms with Crippen LogP contribution in [0.2, 0.25) is 0 Å². The van der Waals surface area contributed by atoms with Crippen LogP contribution in [0.1, 0.15) is 40.5 Å². The predicted molar refractivity (Wildman–Crippen MR) is 164 cm³/mol. The Hall–Kier alpha value is -3.24. The lowest BCUT2D eigenvalue weighted by Crippen LogP contribution is -2.57. The zero-order valence-corrected chi connectivity index (χ0v) is 25.6. The maximum Gasteiger partial charge on any atom is 0.248 e. The van der Waals surface area contributed by atoms with E-state index in [0.29, 0.717) is 35.9 Å². The minimum absolute atomic E-state index is 0.0194. The predicted octanol–water partition coefficient (Wildman–Crippen LogP) is 4.42. The van der Waals surface area contributed by atoms with Gasteiger partial charge in [0.15, 0.2) is 0 Å². The van der Waals surface area contributed by atoms with Gasteiger partial charge in [0.1, 0.15) is 17.5 Å². The molecule has 3 fully saturated rings. The van der Waals surface area contributed by atoms with Gasteiger partial charge in [0.05, 0.1) is 42.9 Å². The molecule has 0 aromatic heterocycles. The fourth-order valence-corrected chi connectivity index (χ4v) is 9.59. The molecule has 0 radical (unpaired) electrons. The fraction of sp³-hybridized carbons (Fsp3) is 0.531. The molecule has 7 atom stereocenters. The van der Waals surface area contributed by atoms with Crippen molar-refractivity contribution >= 4 is 40.9 Å². The van der Waals surface area contributed by atoms with E-state index in [-0.39, 0.29) is 41.4 Å². The second-order valence-corrected chi connectivity index (χ2v) is 13.5. The molecule has 2 aromatic carbocycles. The van der Waals surface area contributed by atoms with Gasteiger partial charge in [-0.1, -0.05) is 20.8 Å². The van der Waals surface area contributed by atoms with Crippen molar-refractivity contribution in [2.24, 2.45) is 23.7 Å². The molecule has 2 bridgehead atoms. The molecule has 1 spiro atoms. The number of hydrogen-bond donors (Lipinski definition) is 3. The number of methoxy groups -OCH3 is 1. The summed E-state index contributed by atoms with van der Waals surface area (Å²) in [5.74, 6) is -0.415. The minimum Gasteiger partial charge on any atom is -0.497 e. The van der Waals surface area contributed by atoms with Crippen LogP contribution in [0.5, 0.6) is 11.5 Å². The summed E-state index contributed by atoms with van der Waals surface area (Å²) in [4.78, 5) is 44.1. The molecule has 3 saturated heterocycles. The summed E-state index contributed by atoms with van der Waals surface area (Å²) in [6, 6.07) is 12.9. The molecular weight excluding hydrogens is 554 g/mol. The van der Waals surface area contributed by atoms with E-state index in [1.54, 1.807) is 72.3 Å². The van der Waals surface area contributed by atoms with Crippen molar-refractivity contribution < 1.29 is 29.0 Å². The van der Waals surface area contributed by atoms with Crippen LogP contribution in [0.3, 0.4) is 0 Å². The van der Waals surface area contributed by atoms with Crippen LogP contribution >= 0.6 is 11.8 Å². The Morgan fingerprint density at radius 2 is 1.64 bits per heavy atom. The van der Waals surface area contributed by atoms with Gasteiger partial charge in [-0.15, -0.1) is 11.8 Å². The number of hydrogen-bond acceptors (Lipinski definition) is 7. The van der Waals surface area contributed by atoms with Crippen molar-refractivity contribution in [3.8, 4) is 11.5 Å². The van der Waals surface area contributed by atoms with Crippen LogP contribution < -0.4 is 20.1 Å². The second-order valence-electron chi connectivity index (χ2n) is 11.9. The van der Waals surface area contributed by atoms with E-state index in [0.717, 1.165) is 6.42 Å². The molecule has 5 rings (SSSR count). The second kappa shape index (κ2) is 12.2. The number of thioether (sulfide) groups is 1. The summed E-state index contributed by atoms with van der Waals surface area (Å²) in [6.07, 6.45) is 1.27. The Kier molecular flexibility index (Phi) is 8.76. The lowest BCUT2D eigenvalue weighted by Gasteiger charge is -2.40. The van der Waals surface area contributed by atoms with E-state index in [1.165, 1.54) is 0 Å². The average Bonchev–Trinajstić information content (AvgIpc) is 3.56. The molecule has 10 heteroatoms. The van der Waals surface area contributed by atoms with Crippen LogP contribution in [0, 0.1) is 23.7 Å². The summed E-state index contributed by atoms with van der Waals surface area (Å²) in [6.45, 7) is 8.35. The third-order valence-electron chi connectivity index (χ3n) is 8.87. The third kappa shape index (κ3) is 5.24.